The Morgan fingerprint density at radius 3 is 1.85 bits per heavy atom. The van der Waals surface area contributed by atoms with E-state index in [0.717, 1.165) is 69.5 Å². The van der Waals surface area contributed by atoms with Gasteiger partial charge in [0.25, 0.3) is 0 Å². The molecule has 1 aliphatic heterocycles. The first-order valence-corrected chi connectivity index (χ1v) is 15.2. The number of alkyl halides is 6. The number of hydrogen-bond acceptors (Lipinski definition) is 5. The zero-order chi connectivity index (χ0) is 32.7. The maximum atomic E-state index is 13.9. The molecule has 11 heteroatoms. The molecule has 5 nitrogen and oxygen atoms in total. The third kappa shape index (κ3) is 8.52. The van der Waals surface area contributed by atoms with E-state index in [1.165, 1.54) is 17.2 Å². The molecule has 46 heavy (non-hydrogen) atoms. The molecule has 1 aliphatic rings. The highest BCUT2D eigenvalue weighted by Crippen LogP contribution is 2.36. The number of rotatable bonds is 11. The Bertz CT molecular complexity index is 1480. The van der Waals surface area contributed by atoms with Crippen LogP contribution in [0, 0.1) is 0 Å². The lowest BCUT2D eigenvalue weighted by atomic mass is 9.96. The third-order valence-electron chi connectivity index (χ3n) is 8.23. The number of nitrogens with zero attached hydrogens (tertiary/aromatic N) is 3. The first-order valence-electron chi connectivity index (χ1n) is 15.2. The van der Waals surface area contributed by atoms with Gasteiger partial charge in [-0.1, -0.05) is 78.9 Å². The van der Waals surface area contributed by atoms with E-state index in [1.807, 2.05) is 12.1 Å². The van der Waals surface area contributed by atoms with Gasteiger partial charge in [0, 0.05) is 43.9 Å². The third-order valence-corrected chi connectivity index (χ3v) is 8.23. The Hall–Kier alpha value is -3.77. The van der Waals surface area contributed by atoms with Crippen molar-refractivity contribution in [2.75, 3.05) is 45.8 Å². The zero-order valence-electron chi connectivity index (χ0n) is 25.1. The molecule has 1 saturated heterocycles. The van der Waals surface area contributed by atoms with Gasteiger partial charge in [0.05, 0.1) is 23.4 Å². The number of nitrogens with one attached hydrogen (secondary N) is 1. The van der Waals surface area contributed by atoms with Crippen LogP contribution in [-0.2, 0) is 12.4 Å². The van der Waals surface area contributed by atoms with Crippen LogP contribution in [0.5, 0.6) is 0 Å². The summed E-state index contributed by atoms with van der Waals surface area (Å²) in [7, 11) is 0. The maximum absolute atomic E-state index is 13.9. The average molecular weight is 643 g/mol. The van der Waals surface area contributed by atoms with Crippen LogP contribution in [-0.4, -0.2) is 65.7 Å². The van der Waals surface area contributed by atoms with Crippen molar-refractivity contribution in [2.24, 2.45) is 0 Å². The molecule has 1 unspecified atom stereocenters. The number of aliphatic hydroxyl groups excluding tert-OH is 1. The van der Waals surface area contributed by atoms with Crippen molar-refractivity contribution in [3.63, 3.8) is 0 Å². The molecular weight excluding hydrogens is 606 g/mol. The van der Waals surface area contributed by atoms with Gasteiger partial charge in [0.2, 0.25) is 0 Å². The van der Waals surface area contributed by atoms with Crippen molar-refractivity contribution in [3.05, 3.63) is 125 Å². The molecule has 0 bridgehead atoms. The number of benzene rings is 3. The highest BCUT2D eigenvalue weighted by atomic mass is 19.4. The average Bonchev–Trinajstić information content (AvgIpc) is 3.05. The number of aromatic nitrogens is 1. The Kier molecular flexibility index (Phi) is 10.8. The van der Waals surface area contributed by atoms with Crippen LogP contribution >= 0.6 is 0 Å². The minimum absolute atomic E-state index is 0.103. The molecule has 0 saturated carbocycles. The highest BCUT2D eigenvalue weighted by molar-refractivity contribution is 5.60. The van der Waals surface area contributed by atoms with Crippen LogP contribution in [0.1, 0.15) is 46.5 Å². The lowest BCUT2D eigenvalue weighted by Crippen LogP contribution is -2.48. The minimum Gasteiger partial charge on any atom is -0.387 e. The molecule has 0 aliphatic carbocycles. The molecule has 244 valence electrons. The van der Waals surface area contributed by atoms with Gasteiger partial charge < -0.3 is 15.3 Å². The molecule has 1 atom stereocenters. The largest absolute Gasteiger partial charge is 0.433 e. The monoisotopic (exact) mass is 642 g/mol. The SMILES string of the molecule is OC(CNCCCN1CCN(C(c2ccccc2)c2ccccc2)CC1)c1ccc(-c2ccc(C(F)(F)F)cc2)nc1C(F)(F)F. The van der Waals surface area contributed by atoms with Crippen LogP contribution in [0.4, 0.5) is 26.3 Å². The molecule has 0 spiro atoms. The first-order chi connectivity index (χ1) is 22.0. The fourth-order valence-corrected chi connectivity index (χ4v) is 5.86. The van der Waals surface area contributed by atoms with E-state index in [9.17, 15) is 31.4 Å². The van der Waals surface area contributed by atoms with Crippen molar-refractivity contribution in [1.29, 1.82) is 0 Å². The minimum atomic E-state index is -4.86. The van der Waals surface area contributed by atoms with Gasteiger partial charge in [-0.15, -0.1) is 0 Å². The highest BCUT2D eigenvalue weighted by Gasteiger charge is 2.37. The van der Waals surface area contributed by atoms with E-state index >= 15 is 0 Å². The van der Waals surface area contributed by atoms with Gasteiger partial charge in [-0.05, 0) is 48.8 Å². The number of hydrogen-bond donors (Lipinski definition) is 2. The van der Waals surface area contributed by atoms with E-state index in [2.05, 4.69) is 68.6 Å². The summed E-state index contributed by atoms with van der Waals surface area (Å²) in [6, 6.07) is 27.2. The second-order valence-corrected chi connectivity index (χ2v) is 11.4. The van der Waals surface area contributed by atoms with Gasteiger partial charge in [0.15, 0.2) is 5.69 Å². The second-order valence-electron chi connectivity index (χ2n) is 11.4. The quantitative estimate of drug-likeness (QED) is 0.134. The molecule has 2 N–H and O–H groups in total. The molecule has 0 amide bonds. The van der Waals surface area contributed by atoms with E-state index in [0.29, 0.717) is 6.54 Å². The molecule has 1 fully saturated rings. The summed E-state index contributed by atoms with van der Waals surface area (Å²) in [5.74, 6) is 0. The first kappa shape index (κ1) is 33.6. The number of piperazine rings is 1. The van der Waals surface area contributed by atoms with Crippen molar-refractivity contribution in [3.8, 4) is 11.3 Å². The number of aliphatic hydroxyl groups is 1. The second kappa shape index (κ2) is 14.8. The smallest absolute Gasteiger partial charge is 0.387 e. The summed E-state index contributed by atoms with van der Waals surface area (Å²) in [6.07, 6.45) is -10.1. The lowest BCUT2D eigenvalue weighted by molar-refractivity contribution is -0.142. The lowest BCUT2D eigenvalue weighted by Gasteiger charge is -2.40. The van der Waals surface area contributed by atoms with E-state index in [4.69, 9.17) is 0 Å². The summed E-state index contributed by atoms with van der Waals surface area (Å²) in [5.41, 5.74) is -0.0870. The van der Waals surface area contributed by atoms with Gasteiger partial charge in [0.1, 0.15) is 0 Å². The summed E-state index contributed by atoms with van der Waals surface area (Å²) >= 11 is 0. The molecule has 4 aromatic rings. The number of pyridine rings is 1. The van der Waals surface area contributed by atoms with E-state index < -0.39 is 35.3 Å². The summed E-state index contributed by atoms with van der Waals surface area (Å²) in [6.45, 7) is 4.80. The Morgan fingerprint density at radius 2 is 1.30 bits per heavy atom. The fourth-order valence-electron chi connectivity index (χ4n) is 5.86. The van der Waals surface area contributed by atoms with Crippen molar-refractivity contribution in [2.45, 2.75) is 30.9 Å². The topological polar surface area (TPSA) is 51.6 Å². The van der Waals surface area contributed by atoms with Gasteiger partial charge in [-0.25, -0.2) is 4.98 Å². The van der Waals surface area contributed by atoms with Crippen LogP contribution in [0.25, 0.3) is 11.3 Å². The Balaban J connectivity index is 1.11. The molecule has 1 aromatic heterocycles. The zero-order valence-corrected chi connectivity index (χ0v) is 25.1. The van der Waals surface area contributed by atoms with Crippen LogP contribution in [0.15, 0.2) is 97.1 Å². The molecule has 5 rings (SSSR count). The Morgan fingerprint density at radius 1 is 0.717 bits per heavy atom. The summed E-state index contributed by atoms with van der Waals surface area (Å²) in [5, 5.41) is 13.7. The van der Waals surface area contributed by atoms with Gasteiger partial charge in [-0.3, -0.25) is 4.90 Å². The molecule has 2 heterocycles. The van der Waals surface area contributed by atoms with Gasteiger partial charge >= 0.3 is 12.4 Å². The number of halogens is 6. The van der Waals surface area contributed by atoms with Gasteiger partial charge in [-0.2, -0.15) is 26.3 Å². The molecular formula is C35H36F6N4O. The standard InChI is InChI=1S/C35H36F6N4O/c36-34(37,38)28-14-12-25(13-15-28)30-17-16-29(33(43-30)35(39,40)41)31(46)24-42-18-7-19-44-20-22-45(23-21-44)32(26-8-3-1-4-9-26)27-10-5-2-6-11-27/h1-6,8-17,31-32,42,46H,7,18-24H2. The Labute approximate surface area is 264 Å². The summed E-state index contributed by atoms with van der Waals surface area (Å²) in [4.78, 5) is 8.54. The normalized spacial score (nSPS) is 15.7. The van der Waals surface area contributed by atoms with Crippen molar-refractivity contribution in [1.82, 2.24) is 20.1 Å². The predicted octanol–water partition coefficient (Wildman–Crippen LogP) is 7.21. The van der Waals surface area contributed by atoms with Crippen LogP contribution < -0.4 is 5.32 Å². The predicted molar refractivity (Wildman–Crippen MR) is 165 cm³/mol. The maximum Gasteiger partial charge on any atom is 0.433 e. The summed E-state index contributed by atoms with van der Waals surface area (Å²) < 4.78 is 80.3. The fraction of sp³-hybridized carbons (Fsp3) is 0.343. The molecule has 3 aromatic carbocycles. The molecule has 0 radical (unpaired) electrons. The van der Waals surface area contributed by atoms with Crippen molar-refractivity contribution < 1.29 is 31.4 Å². The van der Waals surface area contributed by atoms with Crippen molar-refractivity contribution >= 4 is 0 Å². The van der Waals surface area contributed by atoms with E-state index in [1.54, 1.807) is 0 Å². The van der Waals surface area contributed by atoms with E-state index in [-0.39, 0.29) is 23.8 Å². The van der Waals surface area contributed by atoms with Crippen LogP contribution in [0.2, 0.25) is 0 Å². The van der Waals surface area contributed by atoms with Crippen LogP contribution in [0.3, 0.4) is 0 Å².